The van der Waals surface area contributed by atoms with Gasteiger partial charge in [-0.25, -0.2) is 19.9 Å². The van der Waals surface area contributed by atoms with Gasteiger partial charge in [0.15, 0.2) is 35.3 Å². The van der Waals surface area contributed by atoms with E-state index in [-0.39, 0.29) is 49.2 Å². The molecule has 0 spiro atoms. The van der Waals surface area contributed by atoms with Crippen LogP contribution in [0.15, 0.2) is 23.8 Å². The molecule has 0 amide bonds. The molecular weight excluding hydrogens is 583 g/mol. The summed E-state index contributed by atoms with van der Waals surface area (Å²) in [7, 11) is 0. The van der Waals surface area contributed by atoms with Gasteiger partial charge in [-0.05, 0) is 18.2 Å². The van der Waals surface area contributed by atoms with Gasteiger partial charge in [0.1, 0.15) is 35.9 Å². The number of ether oxygens (including phenoxy) is 3. The molecule has 41 heavy (non-hydrogen) atoms. The zero-order valence-corrected chi connectivity index (χ0v) is 22.8. The van der Waals surface area contributed by atoms with Crippen molar-refractivity contribution in [3.05, 3.63) is 29.3 Å². The molecule has 20 heteroatoms. The summed E-state index contributed by atoms with van der Waals surface area (Å²) < 4.78 is 27.1. The van der Waals surface area contributed by atoms with Crippen LogP contribution in [0.5, 0.6) is 0 Å². The molecule has 3 fully saturated rings. The van der Waals surface area contributed by atoms with E-state index in [2.05, 4.69) is 29.9 Å². The summed E-state index contributed by atoms with van der Waals surface area (Å²) in [6, 6.07) is 0. The molecule has 8 N–H and O–H groups in total. The van der Waals surface area contributed by atoms with E-state index in [0.717, 1.165) is 0 Å². The fourth-order valence-electron chi connectivity index (χ4n) is 5.61. The van der Waals surface area contributed by atoms with Crippen molar-refractivity contribution < 1.29 is 33.8 Å². The van der Waals surface area contributed by atoms with E-state index in [1.807, 2.05) is 0 Å². The van der Waals surface area contributed by atoms with Crippen LogP contribution in [0.4, 0.5) is 11.8 Å². The highest BCUT2D eigenvalue weighted by molar-refractivity contribution is 8.09. The Morgan fingerprint density at radius 1 is 1.17 bits per heavy atom. The van der Waals surface area contributed by atoms with Gasteiger partial charge in [-0.15, -0.1) is 0 Å². The van der Waals surface area contributed by atoms with E-state index in [1.54, 1.807) is 4.57 Å². The SMILES string of the molecule is Nc1nc2c(ncn2[C@@H]2OC(CO)C[C@H]2P(O)(=S)OC[C@@]23CO[C@@H]([C@H](n4cnc5c(N)ncnc54)O2)[C@@H]3O)c(=O)[nH]1. The average Bonchev–Trinajstić information content (AvgIpc) is 3.75. The predicted octanol–water partition coefficient (Wildman–Crippen LogP) is -1.88. The third-order valence-electron chi connectivity index (χ3n) is 7.67. The van der Waals surface area contributed by atoms with Crippen LogP contribution in [0.2, 0.25) is 0 Å². The Morgan fingerprint density at radius 3 is 2.71 bits per heavy atom. The summed E-state index contributed by atoms with van der Waals surface area (Å²) in [5, 5.41) is 21.0. The van der Waals surface area contributed by atoms with Crippen LogP contribution in [0.3, 0.4) is 0 Å². The van der Waals surface area contributed by atoms with Gasteiger partial charge in [-0.3, -0.25) is 18.9 Å². The lowest BCUT2D eigenvalue weighted by molar-refractivity contribution is -0.182. The molecule has 2 bridgehead atoms. The number of aliphatic hydroxyl groups excluding tert-OH is 2. The van der Waals surface area contributed by atoms with Gasteiger partial charge >= 0.3 is 0 Å². The Labute approximate surface area is 234 Å². The summed E-state index contributed by atoms with van der Waals surface area (Å²) in [4.78, 5) is 46.9. The van der Waals surface area contributed by atoms with E-state index in [0.29, 0.717) is 11.2 Å². The number of H-pyrrole nitrogens is 1. The van der Waals surface area contributed by atoms with Crippen LogP contribution >= 0.6 is 6.49 Å². The number of fused-ring (bicyclic) bond motifs is 4. The van der Waals surface area contributed by atoms with Crippen LogP contribution in [0.25, 0.3) is 22.3 Å². The topological polar surface area (TPSA) is 257 Å². The number of aromatic nitrogens is 8. The summed E-state index contributed by atoms with van der Waals surface area (Å²) in [6.07, 6.45) is -0.139. The maximum Gasteiger partial charge on any atom is 0.280 e. The second-order valence-electron chi connectivity index (χ2n) is 10.1. The molecule has 218 valence electrons. The molecule has 0 saturated carbocycles. The van der Waals surface area contributed by atoms with Crippen molar-refractivity contribution in [1.82, 2.24) is 39.0 Å². The molecule has 7 rings (SSSR count). The summed E-state index contributed by atoms with van der Waals surface area (Å²) in [5.74, 6) is 0.0638. The fourth-order valence-corrected chi connectivity index (χ4v) is 7.98. The minimum Gasteiger partial charge on any atom is -0.394 e. The fraction of sp³-hybridized carbons (Fsp3) is 0.524. The minimum absolute atomic E-state index is 0.0155. The van der Waals surface area contributed by atoms with E-state index >= 15 is 0 Å². The van der Waals surface area contributed by atoms with Crippen molar-refractivity contribution in [2.45, 2.75) is 48.4 Å². The Morgan fingerprint density at radius 2 is 1.93 bits per heavy atom. The largest absolute Gasteiger partial charge is 0.394 e. The third kappa shape index (κ3) is 4.08. The van der Waals surface area contributed by atoms with Crippen molar-refractivity contribution in [2.75, 3.05) is 31.3 Å². The van der Waals surface area contributed by atoms with Gasteiger partial charge in [0.25, 0.3) is 5.56 Å². The molecule has 4 aromatic rings. The lowest BCUT2D eigenvalue weighted by Gasteiger charge is -2.34. The second kappa shape index (κ2) is 9.45. The maximum absolute atomic E-state index is 12.3. The van der Waals surface area contributed by atoms with Crippen LogP contribution in [0, 0.1) is 0 Å². The second-order valence-corrected chi connectivity index (χ2v) is 13.7. The highest BCUT2D eigenvalue weighted by Gasteiger charge is 2.63. The lowest BCUT2D eigenvalue weighted by Crippen LogP contribution is -2.45. The smallest absolute Gasteiger partial charge is 0.280 e. The molecule has 2 unspecified atom stereocenters. The Hall–Kier alpha value is -3.13. The Bertz CT molecular complexity index is 1760. The number of hydrogen-bond donors (Lipinski definition) is 6. The number of nitrogen functional groups attached to an aromatic ring is 2. The normalized spacial score (nSPS) is 32.8. The summed E-state index contributed by atoms with van der Waals surface area (Å²) in [5.41, 5.74) is 9.80. The molecule has 4 aromatic heterocycles. The molecule has 7 heterocycles. The number of rotatable bonds is 7. The lowest BCUT2D eigenvalue weighted by atomic mass is 10.0. The molecule has 0 radical (unpaired) electrons. The Kier molecular flexibility index (Phi) is 6.16. The molecule has 3 aliphatic heterocycles. The zero-order valence-electron chi connectivity index (χ0n) is 21.0. The van der Waals surface area contributed by atoms with Gasteiger partial charge in [0, 0.05) is 0 Å². The van der Waals surface area contributed by atoms with E-state index in [4.69, 9.17) is 42.0 Å². The standard InChI is InChI=1S/C21H25N10O8PS/c22-14-10-15(25-5-24-14)30(6-26-10)19-12-13(33)21(39-19,3-36-12)4-37-40(35,41)9-1-8(2-32)38-18(9)31-7-27-11-16(31)28-20(23)29-17(11)34/h5-9,12-13,18-19,32-33H,1-4H2,(H,35,41)(H2,22,24,25)(H3,23,28,29,34)/t8?,9-,12-,13+,18-,19-,21-,40?/m1/s1. The first-order valence-electron chi connectivity index (χ1n) is 12.5. The van der Waals surface area contributed by atoms with Crippen molar-refractivity contribution in [2.24, 2.45) is 0 Å². The Balaban J connectivity index is 1.15. The number of aliphatic hydroxyl groups is 2. The number of anilines is 2. The first-order chi connectivity index (χ1) is 19.6. The van der Waals surface area contributed by atoms with Crippen LogP contribution in [-0.2, 0) is 30.5 Å². The minimum atomic E-state index is -3.73. The van der Waals surface area contributed by atoms with Gasteiger partial charge in [-0.1, -0.05) is 0 Å². The zero-order chi connectivity index (χ0) is 28.7. The van der Waals surface area contributed by atoms with E-state index < -0.39 is 54.1 Å². The first kappa shape index (κ1) is 26.7. The molecular formula is C21H25N10O8PS. The number of nitrogens with zero attached hydrogens (tertiary/aromatic N) is 7. The van der Waals surface area contributed by atoms with Crippen LogP contribution < -0.4 is 17.0 Å². The van der Waals surface area contributed by atoms with E-state index in [9.17, 15) is 19.9 Å². The van der Waals surface area contributed by atoms with Crippen molar-refractivity contribution in [3.8, 4) is 0 Å². The van der Waals surface area contributed by atoms with Crippen molar-refractivity contribution in [3.63, 3.8) is 0 Å². The highest BCUT2D eigenvalue weighted by atomic mass is 32.5. The van der Waals surface area contributed by atoms with Gasteiger partial charge in [0.05, 0.1) is 44.2 Å². The molecule has 3 aliphatic rings. The molecule has 18 nitrogen and oxygen atoms in total. The number of aromatic amines is 1. The molecule has 0 aromatic carbocycles. The average molecular weight is 609 g/mol. The molecule has 3 saturated heterocycles. The summed E-state index contributed by atoms with van der Waals surface area (Å²) >= 11 is 5.61. The van der Waals surface area contributed by atoms with Crippen LogP contribution in [0.1, 0.15) is 18.9 Å². The number of imidazole rings is 2. The quantitative estimate of drug-likeness (QED) is 0.125. The van der Waals surface area contributed by atoms with E-state index in [1.165, 1.54) is 23.5 Å². The third-order valence-corrected chi connectivity index (χ3v) is 10.6. The highest BCUT2D eigenvalue weighted by Crippen LogP contribution is 2.59. The molecule has 0 aliphatic carbocycles. The van der Waals surface area contributed by atoms with Gasteiger partial charge in [-0.2, -0.15) is 4.98 Å². The molecule has 8 atom stereocenters. The summed E-state index contributed by atoms with van der Waals surface area (Å²) in [6.45, 7) is -4.40. The first-order valence-corrected chi connectivity index (χ1v) is 15.2. The van der Waals surface area contributed by atoms with Crippen LogP contribution in [-0.4, -0.2) is 104 Å². The van der Waals surface area contributed by atoms with Crippen molar-refractivity contribution in [1.29, 1.82) is 0 Å². The van der Waals surface area contributed by atoms with Gasteiger partial charge < -0.3 is 45.3 Å². The number of nitrogens with two attached hydrogens (primary N) is 2. The number of hydrogen-bond acceptors (Lipinski definition) is 15. The number of nitrogens with one attached hydrogen (secondary N) is 1. The monoisotopic (exact) mass is 608 g/mol. The van der Waals surface area contributed by atoms with Gasteiger partial charge in [0.2, 0.25) is 5.95 Å². The van der Waals surface area contributed by atoms with Crippen molar-refractivity contribution >= 4 is 52.4 Å². The predicted molar refractivity (Wildman–Crippen MR) is 143 cm³/mol. The maximum atomic E-state index is 12.3.